The Morgan fingerprint density at radius 3 is 2.50 bits per heavy atom. The highest BCUT2D eigenvalue weighted by molar-refractivity contribution is 5.51. The summed E-state index contributed by atoms with van der Waals surface area (Å²) in [5, 5.41) is 3.29. The Labute approximate surface area is 111 Å². The van der Waals surface area contributed by atoms with Crippen LogP contribution in [0, 0.1) is 0 Å². The molecule has 0 radical (unpaired) electrons. The van der Waals surface area contributed by atoms with E-state index in [1.165, 1.54) is 30.5 Å². The van der Waals surface area contributed by atoms with Crippen LogP contribution in [0.4, 0.5) is 5.69 Å². The third kappa shape index (κ3) is 2.54. The first-order chi connectivity index (χ1) is 8.67. The van der Waals surface area contributed by atoms with Crippen molar-refractivity contribution in [1.82, 2.24) is 5.32 Å². The van der Waals surface area contributed by atoms with Crippen molar-refractivity contribution in [2.45, 2.75) is 58.2 Å². The minimum atomic E-state index is 0.428. The number of benzene rings is 1. The van der Waals surface area contributed by atoms with Crippen LogP contribution >= 0.6 is 0 Å². The first-order valence-electron chi connectivity index (χ1n) is 7.23. The van der Waals surface area contributed by atoms with Crippen LogP contribution in [0.5, 0.6) is 0 Å². The van der Waals surface area contributed by atoms with Crippen LogP contribution in [0.25, 0.3) is 0 Å². The molecule has 1 aromatic rings. The quantitative estimate of drug-likeness (QED) is 0.870. The summed E-state index contributed by atoms with van der Waals surface area (Å²) >= 11 is 0. The molecular weight excluding hydrogens is 220 g/mol. The minimum Gasteiger partial charge on any atom is -0.366 e. The molecule has 3 unspecified atom stereocenters. The molecule has 2 nitrogen and oxygen atoms in total. The van der Waals surface area contributed by atoms with Gasteiger partial charge in [-0.3, -0.25) is 0 Å². The summed E-state index contributed by atoms with van der Waals surface area (Å²) in [4.78, 5) is 2.60. The van der Waals surface area contributed by atoms with Gasteiger partial charge in [-0.1, -0.05) is 19.1 Å². The molecule has 0 aliphatic carbocycles. The average molecular weight is 246 g/mol. The SMILES string of the molecule is CCC1CCC(C)N1c1ccc(C(C)NC)cc1. The lowest BCUT2D eigenvalue weighted by atomic mass is 10.1. The van der Waals surface area contributed by atoms with Gasteiger partial charge in [-0.25, -0.2) is 0 Å². The largest absolute Gasteiger partial charge is 0.366 e. The molecule has 1 N–H and O–H groups in total. The van der Waals surface area contributed by atoms with E-state index in [2.05, 4.69) is 55.3 Å². The molecule has 2 rings (SSSR count). The molecule has 2 heteroatoms. The maximum Gasteiger partial charge on any atom is 0.0371 e. The van der Waals surface area contributed by atoms with Crippen molar-refractivity contribution in [1.29, 1.82) is 0 Å². The normalized spacial score (nSPS) is 25.4. The van der Waals surface area contributed by atoms with Gasteiger partial charge in [0.1, 0.15) is 0 Å². The Balaban J connectivity index is 2.18. The average Bonchev–Trinajstić information content (AvgIpc) is 2.79. The van der Waals surface area contributed by atoms with Gasteiger partial charge >= 0.3 is 0 Å². The Kier molecular flexibility index (Phi) is 4.28. The number of nitrogens with zero attached hydrogens (tertiary/aromatic N) is 1. The zero-order valence-corrected chi connectivity index (χ0v) is 12.1. The highest BCUT2D eigenvalue weighted by atomic mass is 15.2. The van der Waals surface area contributed by atoms with Gasteiger partial charge in [-0.05, 0) is 57.9 Å². The standard InChI is InChI=1S/C16H26N2/c1-5-15-9-6-12(2)18(15)16-10-7-14(8-11-16)13(3)17-4/h7-8,10-13,15,17H,5-6,9H2,1-4H3. The highest BCUT2D eigenvalue weighted by Gasteiger charge is 2.29. The third-order valence-corrected chi connectivity index (χ3v) is 4.38. The zero-order chi connectivity index (χ0) is 13.1. The van der Waals surface area contributed by atoms with Crippen LogP contribution in [0.15, 0.2) is 24.3 Å². The molecule has 1 heterocycles. The van der Waals surface area contributed by atoms with Crippen molar-refractivity contribution in [2.75, 3.05) is 11.9 Å². The minimum absolute atomic E-state index is 0.428. The fourth-order valence-electron chi connectivity index (χ4n) is 3.04. The molecule has 1 fully saturated rings. The monoisotopic (exact) mass is 246 g/mol. The van der Waals surface area contributed by atoms with Gasteiger partial charge in [0.05, 0.1) is 0 Å². The Hall–Kier alpha value is -1.02. The molecule has 0 amide bonds. The summed E-state index contributed by atoms with van der Waals surface area (Å²) in [6, 6.07) is 10.9. The lowest BCUT2D eigenvalue weighted by molar-refractivity contribution is 0.626. The van der Waals surface area contributed by atoms with E-state index >= 15 is 0 Å². The van der Waals surface area contributed by atoms with E-state index in [-0.39, 0.29) is 0 Å². The lowest BCUT2D eigenvalue weighted by Gasteiger charge is -2.30. The van der Waals surface area contributed by atoms with Crippen molar-refractivity contribution in [2.24, 2.45) is 0 Å². The van der Waals surface area contributed by atoms with E-state index in [0.717, 1.165) is 6.04 Å². The van der Waals surface area contributed by atoms with Crippen molar-refractivity contribution >= 4 is 5.69 Å². The molecule has 1 aliphatic rings. The van der Waals surface area contributed by atoms with Gasteiger partial charge < -0.3 is 10.2 Å². The number of nitrogens with one attached hydrogen (secondary N) is 1. The van der Waals surface area contributed by atoms with E-state index in [1.807, 2.05) is 7.05 Å². The van der Waals surface area contributed by atoms with Crippen LogP contribution in [-0.4, -0.2) is 19.1 Å². The number of hydrogen-bond donors (Lipinski definition) is 1. The molecule has 0 bridgehead atoms. The second kappa shape index (κ2) is 5.75. The van der Waals surface area contributed by atoms with Crippen LogP contribution in [-0.2, 0) is 0 Å². The maximum absolute atomic E-state index is 3.29. The van der Waals surface area contributed by atoms with E-state index in [9.17, 15) is 0 Å². The molecule has 100 valence electrons. The van der Waals surface area contributed by atoms with E-state index in [1.54, 1.807) is 0 Å². The first kappa shape index (κ1) is 13.4. The summed E-state index contributed by atoms with van der Waals surface area (Å²) in [5.74, 6) is 0. The van der Waals surface area contributed by atoms with Crippen LogP contribution < -0.4 is 10.2 Å². The van der Waals surface area contributed by atoms with Crippen molar-refractivity contribution in [3.05, 3.63) is 29.8 Å². The summed E-state index contributed by atoms with van der Waals surface area (Å²) in [7, 11) is 2.01. The molecule has 0 saturated carbocycles. The third-order valence-electron chi connectivity index (χ3n) is 4.38. The predicted octanol–water partition coefficient (Wildman–Crippen LogP) is 3.73. The van der Waals surface area contributed by atoms with Gasteiger partial charge in [0.25, 0.3) is 0 Å². The predicted molar refractivity (Wildman–Crippen MR) is 79.2 cm³/mol. The first-order valence-corrected chi connectivity index (χ1v) is 7.23. The smallest absolute Gasteiger partial charge is 0.0371 e. The summed E-state index contributed by atoms with van der Waals surface area (Å²) in [6.07, 6.45) is 3.92. The second-order valence-electron chi connectivity index (χ2n) is 5.50. The highest BCUT2D eigenvalue weighted by Crippen LogP contribution is 2.32. The molecule has 0 spiro atoms. The van der Waals surface area contributed by atoms with Gasteiger partial charge in [0.15, 0.2) is 0 Å². The molecule has 18 heavy (non-hydrogen) atoms. The van der Waals surface area contributed by atoms with Gasteiger partial charge in [0.2, 0.25) is 0 Å². The fourth-order valence-corrected chi connectivity index (χ4v) is 3.04. The van der Waals surface area contributed by atoms with Gasteiger partial charge in [-0.15, -0.1) is 0 Å². The second-order valence-corrected chi connectivity index (χ2v) is 5.50. The van der Waals surface area contributed by atoms with E-state index < -0.39 is 0 Å². The van der Waals surface area contributed by atoms with Crippen LogP contribution in [0.2, 0.25) is 0 Å². The molecule has 1 aromatic carbocycles. The topological polar surface area (TPSA) is 15.3 Å². The Morgan fingerprint density at radius 1 is 1.28 bits per heavy atom. The van der Waals surface area contributed by atoms with Crippen molar-refractivity contribution in [3.63, 3.8) is 0 Å². The summed E-state index contributed by atoms with van der Waals surface area (Å²) < 4.78 is 0. The van der Waals surface area contributed by atoms with Gasteiger partial charge in [0, 0.05) is 23.8 Å². The van der Waals surface area contributed by atoms with Crippen molar-refractivity contribution in [3.8, 4) is 0 Å². The Morgan fingerprint density at radius 2 is 1.94 bits per heavy atom. The summed E-state index contributed by atoms with van der Waals surface area (Å²) in [6.45, 7) is 6.84. The fraction of sp³-hybridized carbons (Fsp3) is 0.625. The zero-order valence-electron chi connectivity index (χ0n) is 12.1. The van der Waals surface area contributed by atoms with Crippen molar-refractivity contribution < 1.29 is 0 Å². The molecule has 1 aliphatic heterocycles. The van der Waals surface area contributed by atoms with Crippen LogP contribution in [0.1, 0.15) is 51.6 Å². The molecule has 1 saturated heterocycles. The van der Waals surface area contributed by atoms with Crippen LogP contribution in [0.3, 0.4) is 0 Å². The molecule has 3 atom stereocenters. The number of anilines is 1. The Bertz CT molecular complexity index is 371. The number of hydrogen-bond acceptors (Lipinski definition) is 2. The van der Waals surface area contributed by atoms with Gasteiger partial charge in [-0.2, -0.15) is 0 Å². The lowest BCUT2D eigenvalue weighted by Crippen LogP contribution is -2.34. The summed E-state index contributed by atoms with van der Waals surface area (Å²) in [5.41, 5.74) is 2.75. The van der Waals surface area contributed by atoms with E-state index in [4.69, 9.17) is 0 Å². The maximum atomic E-state index is 3.29. The van der Waals surface area contributed by atoms with E-state index in [0.29, 0.717) is 12.1 Å². The molecular formula is C16H26N2. The number of rotatable bonds is 4. The molecule has 0 aromatic heterocycles.